The summed E-state index contributed by atoms with van der Waals surface area (Å²) in [6.07, 6.45) is 0. The molecule has 1 heterocycles. The third-order valence-corrected chi connectivity index (χ3v) is 9.97. The Morgan fingerprint density at radius 1 is 0.298 bits per heavy atom. The van der Waals surface area contributed by atoms with Gasteiger partial charge >= 0.3 is 0 Å². The number of nitrogens with zero attached hydrogens (tertiary/aromatic N) is 1. The molecule has 0 fully saturated rings. The minimum atomic E-state index is 1.17. The first kappa shape index (κ1) is 26.1. The molecule has 0 bridgehead atoms. The Bertz CT molecular complexity index is 2760. The molecule has 0 amide bonds. The number of hydrogen-bond acceptors (Lipinski definition) is 0. The van der Waals surface area contributed by atoms with Gasteiger partial charge in [-0.1, -0.05) is 146 Å². The first-order chi connectivity index (χ1) is 23.3. The maximum Gasteiger partial charge on any atom is 0.0541 e. The number of hydrogen-bond donors (Lipinski definition) is 0. The van der Waals surface area contributed by atoms with Crippen molar-refractivity contribution < 1.29 is 0 Å². The van der Waals surface area contributed by atoms with E-state index >= 15 is 0 Å². The highest BCUT2D eigenvalue weighted by molar-refractivity contribution is 6.32. The average Bonchev–Trinajstić information content (AvgIpc) is 3.49. The van der Waals surface area contributed by atoms with Crippen molar-refractivity contribution in [3.63, 3.8) is 0 Å². The van der Waals surface area contributed by atoms with Gasteiger partial charge in [-0.05, 0) is 95.7 Å². The predicted octanol–water partition coefficient (Wildman–Crippen LogP) is 12.7. The molecule has 10 rings (SSSR count). The number of benzene rings is 9. The summed E-state index contributed by atoms with van der Waals surface area (Å²) < 4.78 is 2.37. The van der Waals surface area contributed by atoms with Crippen LogP contribution in [0.5, 0.6) is 0 Å². The molecule has 0 N–H and O–H groups in total. The van der Waals surface area contributed by atoms with Gasteiger partial charge in [-0.2, -0.15) is 0 Å². The van der Waals surface area contributed by atoms with Crippen LogP contribution >= 0.6 is 0 Å². The lowest BCUT2D eigenvalue weighted by Crippen LogP contribution is -1.93. The second kappa shape index (κ2) is 10.2. The molecule has 0 aliphatic rings. The molecule has 47 heavy (non-hydrogen) atoms. The SMILES string of the molecule is c1ccc2c(-c3ccc(-c4ccc(-n5c6ccccc6c6ccccc65)cc4)cc3)c3c4ccccc4c4ccccc4c3cc2c1. The Labute approximate surface area is 272 Å². The summed E-state index contributed by atoms with van der Waals surface area (Å²) in [4.78, 5) is 0. The van der Waals surface area contributed by atoms with E-state index in [-0.39, 0.29) is 0 Å². The third kappa shape index (κ3) is 3.90. The number of rotatable bonds is 3. The van der Waals surface area contributed by atoms with Crippen LogP contribution in [0.3, 0.4) is 0 Å². The van der Waals surface area contributed by atoms with Crippen LogP contribution in [-0.2, 0) is 0 Å². The minimum Gasteiger partial charge on any atom is -0.309 e. The fourth-order valence-corrected chi connectivity index (χ4v) is 7.86. The van der Waals surface area contributed by atoms with Crippen LogP contribution in [-0.4, -0.2) is 4.57 Å². The van der Waals surface area contributed by atoms with Crippen LogP contribution in [0.15, 0.2) is 176 Å². The summed E-state index contributed by atoms with van der Waals surface area (Å²) in [7, 11) is 0. The standard InChI is InChI=1S/C46H29N/c1-2-12-35-33(11-1)29-42-38-15-4-3-13-36(38)37-14-5-6-18-41(37)46(42)45(35)32-23-21-30(22-24-32)31-25-27-34(28-26-31)47-43-19-9-7-16-39(43)40-17-8-10-20-44(40)47/h1-29H. The van der Waals surface area contributed by atoms with Gasteiger partial charge in [0.1, 0.15) is 0 Å². The zero-order chi connectivity index (χ0) is 30.9. The zero-order valence-electron chi connectivity index (χ0n) is 25.7. The predicted molar refractivity (Wildman–Crippen MR) is 202 cm³/mol. The summed E-state index contributed by atoms with van der Waals surface area (Å²) in [6.45, 7) is 0. The van der Waals surface area contributed by atoms with Gasteiger partial charge in [0.25, 0.3) is 0 Å². The fraction of sp³-hybridized carbons (Fsp3) is 0. The van der Waals surface area contributed by atoms with E-state index in [0.717, 1.165) is 0 Å². The molecule has 0 spiro atoms. The van der Waals surface area contributed by atoms with Crippen LogP contribution in [0, 0.1) is 0 Å². The lowest BCUT2D eigenvalue weighted by atomic mass is 9.86. The van der Waals surface area contributed by atoms with Crippen molar-refractivity contribution >= 4 is 64.9 Å². The molecular formula is C46H29N. The molecule has 9 aromatic carbocycles. The Morgan fingerprint density at radius 2 is 0.723 bits per heavy atom. The highest BCUT2D eigenvalue weighted by atomic mass is 15.0. The van der Waals surface area contributed by atoms with E-state index < -0.39 is 0 Å². The Balaban J connectivity index is 1.13. The molecular weight excluding hydrogens is 567 g/mol. The van der Waals surface area contributed by atoms with Crippen molar-refractivity contribution in [3.05, 3.63) is 176 Å². The normalized spacial score (nSPS) is 11.8. The molecule has 1 heteroatoms. The lowest BCUT2D eigenvalue weighted by molar-refractivity contribution is 1.18. The van der Waals surface area contributed by atoms with Crippen molar-refractivity contribution in [2.45, 2.75) is 0 Å². The Morgan fingerprint density at radius 3 is 1.34 bits per heavy atom. The smallest absolute Gasteiger partial charge is 0.0541 e. The number of fused-ring (bicyclic) bond motifs is 10. The van der Waals surface area contributed by atoms with Crippen molar-refractivity contribution in [3.8, 4) is 27.9 Å². The molecule has 218 valence electrons. The van der Waals surface area contributed by atoms with Crippen LogP contribution < -0.4 is 0 Å². The second-order valence-electron chi connectivity index (χ2n) is 12.5. The van der Waals surface area contributed by atoms with E-state index in [0.29, 0.717) is 0 Å². The molecule has 10 aromatic rings. The summed E-state index contributed by atoms with van der Waals surface area (Å²) in [5.41, 5.74) is 8.58. The van der Waals surface area contributed by atoms with E-state index in [4.69, 9.17) is 0 Å². The van der Waals surface area contributed by atoms with Gasteiger partial charge in [-0.3, -0.25) is 0 Å². The van der Waals surface area contributed by atoms with E-state index in [1.165, 1.54) is 92.8 Å². The monoisotopic (exact) mass is 595 g/mol. The number of para-hydroxylation sites is 2. The Hall–Kier alpha value is -6.18. The molecule has 0 radical (unpaired) electrons. The highest BCUT2D eigenvalue weighted by Crippen LogP contribution is 2.44. The molecule has 1 aromatic heterocycles. The third-order valence-electron chi connectivity index (χ3n) is 9.97. The van der Waals surface area contributed by atoms with E-state index in [2.05, 4.69) is 180 Å². The molecule has 0 saturated carbocycles. The van der Waals surface area contributed by atoms with Crippen molar-refractivity contribution in [1.29, 1.82) is 0 Å². The quantitative estimate of drug-likeness (QED) is 0.141. The summed E-state index contributed by atoms with van der Waals surface area (Å²) >= 11 is 0. The minimum absolute atomic E-state index is 1.17. The first-order valence-corrected chi connectivity index (χ1v) is 16.3. The van der Waals surface area contributed by atoms with Crippen molar-refractivity contribution in [2.75, 3.05) is 0 Å². The molecule has 0 aliphatic carbocycles. The van der Waals surface area contributed by atoms with Crippen LogP contribution in [0.1, 0.15) is 0 Å². The second-order valence-corrected chi connectivity index (χ2v) is 12.5. The zero-order valence-corrected chi connectivity index (χ0v) is 25.7. The molecule has 0 saturated heterocycles. The molecule has 1 nitrogen and oxygen atoms in total. The topological polar surface area (TPSA) is 4.93 Å². The fourth-order valence-electron chi connectivity index (χ4n) is 7.86. The van der Waals surface area contributed by atoms with Crippen LogP contribution in [0.2, 0.25) is 0 Å². The summed E-state index contributed by atoms with van der Waals surface area (Å²) in [5, 5.41) is 12.9. The average molecular weight is 596 g/mol. The maximum atomic E-state index is 2.38. The van der Waals surface area contributed by atoms with Gasteiger partial charge in [0, 0.05) is 16.5 Å². The van der Waals surface area contributed by atoms with Gasteiger partial charge in [-0.25, -0.2) is 0 Å². The highest BCUT2D eigenvalue weighted by Gasteiger charge is 2.17. The maximum absolute atomic E-state index is 2.38. The molecule has 0 unspecified atom stereocenters. The van der Waals surface area contributed by atoms with E-state index in [1.807, 2.05) is 0 Å². The summed E-state index contributed by atoms with van der Waals surface area (Å²) in [5.74, 6) is 0. The van der Waals surface area contributed by atoms with Crippen molar-refractivity contribution in [2.24, 2.45) is 0 Å². The van der Waals surface area contributed by atoms with Gasteiger partial charge in [0.05, 0.1) is 11.0 Å². The van der Waals surface area contributed by atoms with Crippen LogP contribution in [0.25, 0.3) is 92.8 Å². The number of aromatic nitrogens is 1. The van der Waals surface area contributed by atoms with Gasteiger partial charge in [0.2, 0.25) is 0 Å². The molecule has 0 atom stereocenters. The first-order valence-electron chi connectivity index (χ1n) is 16.3. The van der Waals surface area contributed by atoms with E-state index in [1.54, 1.807) is 0 Å². The largest absolute Gasteiger partial charge is 0.309 e. The van der Waals surface area contributed by atoms with Crippen LogP contribution in [0.4, 0.5) is 0 Å². The molecule has 0 aliphatic heterocycles. The van der Waals surface area contributed by atoms with Gasteiger partial charge in [-0.15, -0.1) is 0 Å². The summed E-state index contributed by atoms with van der Waals surface area (Å²) in [6, 6.07) is 64.4. The lowest BCUT2D eigenvalue weighted by Gasteiger charge is -2.17. The van der Waals surface area contributed by atoms with Gasteiger partial charge in [0.15, 0.2) is 0 Å². The van der Waals surface area contributed by atoms with E-state index in [9.17, 15) is 0 Å². The Kier molecular flexibility index (Phi) is 5.64. The van der Waals surface area contributed by atoms with Crippen molar-refractivity contribution in [1.82, 2.24) is 4.57 Å². The van der Waals surface area contributed by atoms with Gasteiger partial charge < -0.3 is 4.57 Å².